The van der Waals surface area contributed by atoms with Crippen LogP contribution in [0, 0.1) is 10.8 Å². The minimum absolute atomic E-state index is 0.0153. The van der Waals surface area contributed by atoms with Crippen LogP contribution in [0.3, 0.4) is 0 Å². The number of hydrogen-bond acceptors (Lipinski definition) is 9. The molecule has 0 spiro atoms. The van der Waals surface area contributed by atoms with Gasteiger partial charge in [0, 0.05) is 23.6 Å². The first-order valence-corrected chi connectivity index (χ1v) is 19.3. The molecule has 0 saturated heterocycles. The fourth-order valence-corrected chi connectivity index (χ4v) is 6.05. The highest BCUT2D eigenvalue weighted by Crippen LogP contribution is 2.37. The van der Waals surface area contributed by atoms with Gasteiger partial charge in [-0.25, -0.2) is 9.59 Å². The average molecular weight is 764 g/mol. The quantitative estimate of drug-likeness (QED) is 0.117. The summed E-state index contributed by atoms with van der Waals surface area (Å²) in [6.07, 6.45) is 6.97. The molecule has 0 unspecified atom stereocenters. The van der Waals surface area contributed by atoms with Gasteiger partial charge in [0.15, 0.2) is 0 Å². The lowest BCUT2D eigenvalue weighted by atomic mass is 9.85. The summed E-state index contributed by atoms with van der Waals surface area (Å²) in [4.78, 5) is 54.1. The van der Waals surface area contributed by atoms with Crippen molar-refractivity contribution in [2.45, 2.75) is 100 Å². The summed E-state index contributed by atoms with van der Waals surface area (Å²) in [5.74, 6) is -0.907. The van der Waals surface area contributed by atoms with E-state index in [2.05, 4.69) is 44.7 Å². The summed E-state index contributed by atoms with van der Waals surface area (Å²) in [5, 5.41) is 0. The first kappa shape index (κ1) is 43.4. The summed E-state index contributed by atoms with van der Waals surface area (Å²) in [5.41, 5.74) is 1.87. The molecule has 0 N–H and O–H groups in total. The van der Waals surface area contributed by atoms with E-state index in [0.29, 0.717) is 46.9 Å². The van der Waals surface area contributed by atoms with Crippen LogP contribution >= 0.6 is 0 Å². The Labute approximate surface area is 332 Å². The molecule has 0 radical (unpaired) electrons. The number of allylic oxidation sites excluding steroid dienone is 3. The van der Waals surface area contributed by atoms with Crippen LogP contribution < -0.4 is 9.47 Å². The first-order valence-electron chi connectivity index (χ1n) is 19.3. The molecule has 0 heterocycles. The summed E-state index contributed by atoms with van der Waals surface area (Å²) in [7, 11) is 0. The lowest BCUT2D eigenvalue weighted by molar-refractivity contribution is -0.143. The van der Waals surface area contributed by atoms with Crippen LogP contribution in [0.4, 0.5) is 0 Å². The smallest absolute Gasteiger partial charge is 0.343 e. The Morgan fingerprint density at radius 1 is 0.643 bits per heavy atom. The number of carbonyl (C=O) groups excluding carboxylic acids is 4. The highest BCUT2D eigenvalue weighted by Gasteiger charge is 2.28. The highest BCUT2D eigenvalue weighted by molar-refractivity contribution is 5.91. The van der Waals surface area contributed by atoms with Gasteiger partial charge in [-0.1, -0.05) is 36.4 Å². The first-order chi connectivity index (χ1) is 26.3. The predicted molar refractivity (Wildman–Crippen MR) is 218 cm³/mol. The molecular formula is C47H57NO8. The van der Waals surface area contributed by atoms with E-state index < -0.39 is 22.8 Å². The summed E-state index contributed by atoms with van der Waals surface area (Å²) in [6, 6.07) is 23.4. The second-order valence-corrected chi connectivity index (χ2v) is 16.7. The van der Waals surface area contributed by atoms with E-state index in [9.17, 15) is 19.2 Å². The molecule has 3 aromatic rings. The van der Waals surface area contributed by atoms with Gasteiger partial charge in [-0.05, 0) is 160 Å². The number of benzene rings is 3. The number of esters is 4. The van der Waals surface area contributed by atoms with Crippen LogP contribution in [-0.4, -0.2) is 54.0 Å². The molecule has 1 aliphatic rings. The predicted octanol–water partition coefficient (Wildman–Crippen LogP) is 10.0. The van der Waals surface area contributed by atoms with E-state index in [1.807, 2.05) is 36.4 Å². The van der Waals surface area contributed by atoms with Crippen molar-refractivity contribution in [3.63, 3.8) is 0 Å². The highest BCUT2D eigenvalue weighted by atomic mass is 16.5. The molecule has 0 bridgehead atoms. The average Bonchev–Trinajstić information content (AvgIpc) is 3.33. The molecule has 3 aromatic carbocycles. The van der Waals surface area contributed by atoms with Crippen LogP contribution in [0.5, 0.6) is 11.5 Å². The van der Waals surface area contributed by atoms with E-state index >= 15 is 0 Å². The van der Waals surface area contributed by atoms with Gasteiger partial charge in [0.25, 0.3) is 0 Å². The molecular weight excluding hydrogens is 707 g/mol. The molecule has 9 heteroatoms. The third-order valence-corrected chi connectivity index (χ3v) is 9.29. The normalized spacial score (nSPS) is 14.0. The van der Waals surface area contributed by atoms with Crippen molar-refractivity contribution in [1.29, 1.82) is 0 Å². The van der Waals surface area contributed by atoms with Crippen molar-refractivity contribution in [2.24, 2.45) is 10.8 Å². The zero-order chi connectivity index (χ0) is 41.2. The molecule has 0 saturated carbocycles. The van der Waals surface area contributed by atoms with Crippen molar-refractivity contribution in [2.75, 3.05) is 13.2 Å². The summed E-state index contributed by atoms with van der Waals surface area (Å²) < 4.78 is 22.9. The van der Waals surface area contributed by atoms with Crippen LogP contribution in [0.2, 0.25) is 0 Å². The van der Waals surface area contributed by atoms with Crippen LogP contribution in [0.25, 0.3) is 0 Å². The van der Waals surface area contributed by atoms with Gasteiger partial charge < -0.3 is 18.9 Å². The van der Waals surface area contributed by atoms with Gasteiger partial charge in [0.05, 0.1) is 22.0 Å². The molecule has 0 aliphatic heterocycles. The SMILES string of the molecule is CC(C)N(CC[C@@H](C1=CC(COC(=O)c2ccc(OC(=O)C(C)(C)C)cc2)=CCC=C1OC(=O)c1ccc(OC(=O)C(C)(C)C)cc1)c1ccccc1)C(C)C. The van der Waals surface area contributed by atoms with Crippen LogP contribution in [-0.2, 0) is 19.1 Å². The van der Waals surface area contributed by atoms with Gasteiger partial charge in [0.2, 0.25) is 0 Å². The zero-order valence-corrected chi connectivity index (χ0v) is 34.5. The fourth-order valence-electron chi connectivity index (χ4n) is 6.05. The number of hydrogen-bond donors (Lipinski definition) is 0. The molecule has 56 heavy (non-hydrogen) atoms. The monoisotopic (exact) mass is 763 g/mol. The van der Waals surface area contributed by atoms with Gasteiger partial charge in [-0.2, -0.15) is 0 Å². The molecule has 4 rings (SSSR count). The Kier molecular flexibility index (Phi) is 14.8. The van der Waals surface area contributed by atoms with Crippen LogP contribution in [0.1, 0.15) is 114 Å². The Bertz CT molecular complexity index is 1910. The molecule has 0 fully saturated rings. The third kappa shape index (κ3) is 12.4. The van der Waals surface area contributed by atoms with Crippen molar-refractivity contribution < 1.29 is 38.1 Å². The Hall–Kier alpha value is -5.28. The molecule has 0 aromatic heterocycles. The van der Waals surface area contributed by atoms with Gasteiger partial charge in [-0.15, -0.1) is 0 Å². The Morgan fingerprint density at radius 2 is 1.14 bits per heavy atom. The molecule has 1 atom stereocenters. The van der Waals surface area contributed by atoms with E-state index in [0.717, 1.165) is 29.7 Å². The maximum absolute atomic E-state index is 13.7. The minimum Gasteiger partial charge on any atom is -0.457 e. The summed E-state index contributed by atoms with van der Waals surface area (Å²) >= 11 is 0. The fraction of sp³-hybridized carbons (Fsp3) is 0.404. The molecule has 1 aliphatic carbocycles. The largest absolute Gasteiger partial charge is 0.457 e. The van der Waals surface area contributed by atoms with E-state index in [-0.39, 0.29) is 24.5 Å². The maximum Gasteiger partial charge on any atom is 0.343 e. The van der Waals surface area contributed by atoms with Crippen molar-refractivity contribution in [3.8, 4) is 11.5 Å². The van der Waals surface area contributed by atoms with Gasteiger partial charge >= 0.3 is 23.9 Å². The maximum atomic E-state index is 13.7. The van der Waals surface area contributed by atoms with Crippen molar-refractivity contribution in [3.05, 3.63) is 131 Å². The van der Waals surface area contributed by atoms with Crippen molar-refractivity contribution in [1.82, 2.24) is 4.90 Å². The molecule has 0 amide bonds. The zero-order valence-electron chi connectivity index (χ0n) is 34.5. The number of carbonyl (C=O) groups is 4. The minimum atomic E-state index is -0.677. The molecule has 9 nitrogen and oxygen atoms in total. The second-order valence-electron chi connectivity index (χ2n) is 16.7. The van der Waals surface area contributed by atoms with Crippen LogP contribution in [0.15, 0.2) is 114 Å². The lowest BCUT2D eigenvalue weighted by Gasteiger charge is -2.33. The number of ether oxygens (including phenoxy) is 4. The third-order valence-electron chi connectivity index (χ3n) is 9.29. The van der Waals surface area contributed by atoms with Gasteiger partial charge in [-0.3, -0.25) is 14.5 Å². The second kappa shape index (κ2) is 19.0. The molecule has 298 valence electrons. The van der Waals surface area contributed by atoms with E-state index in [1.165, 1.54) is 0 Å². The van der Waals surface area contributed by atoms with E-state index in [4.69, 9.17) is 18.9 Å². The van der Waals surface area contributed by atoms with E-state index in [1.54, 1.807) is 90.1 Å². The van der Waals surface area contributed by atoms with Gasteiger partial charge in [0.1, 0.15) is 23.9 Å². The Morgan fingerprint density at radius 3 is 1.62 bits per heavy atom. The van der Waals surface area contributed by atoms with Crippen molar-refractivity contribution >= 4 is 23.9 Å². The lowest BCUT2D eigenvalue weighted by Crippen LogP contribution is -2.38. The topological polar surface area (TPSA) is 108 Å². The summed E-state index contributed by atoms with van der Waals surface area (Å²) in [6.45, 7) is 20.2. The number of nitrogens with zero attached hydrogens (tertiary/aromatic N) is 1. The Balaban J connectivity index is 1.62. The standard InChI is InChI=1S/C47H57NO8/c1-31(2)48(32(3)4)28-27-39(34-16-12-11-13-17-34)40-29-33(30-53-42(49)35-19-23-37(24-20-35)54-44(51)46(5,6)7)15-14-18-41(40)56-43(50)36-21-25-38(26-22-36)55-45(52)47(8,9)10/h11-13,15-26,29,31-32,39H,14,27-28,30H2,1-10H3/t39-/m1/s1. The number of rotatable bonds is 14.